The van der Waals surface area contributed by atoms with E-state index < -0.39 is 40.3 Å². The number of carbonyl (C=O) groups excluding carboxylic acids is 1. The van der Waals surface area contributed by atoms with Gasteiger partial charge in [-0.2, -0.15) is 4.39 Å². The molecule has 1 aliphatic carbocycles. The summed E-state index contributed by atoms with van der Waals surface area (Å²) in [6, 6.07) is 12.1. The van der Waals surface area contributed by atoms with Crippen molar-refractivity contribution in [3.63, 3.8) is 0 Å². The molecule has 1 fully saturated rings. The molecule has 7 nitrogen and oxygen atoms in total. The van der Waals surface area contributed by atoms with Crippen LogP contribution in [0.5, 0.6) is 11.5 Å². The fraction of sp³-hybridized carbons (Fsp3) is 0.231. The van der Waals surface area contributed by atoms with Crippen LogP contribution in [0, 0.1) is 11.6 Å². The molecule has 3 aromatic rings. The van der Waals surface area contributed by atoms with Gasteiger partial charge >= 0.3 is 0 Å². The Labute approximate surface area is 199 Å². The largest absolute Gasteiger partial charge is 0.502 e. The molecule has 1 saturated carbocycles. The minimum absolute atomic E-state index is 0.0191. The number of benzene rings is 2. The van der Waals surface area contributed by atoms with Crippen molar-refractivity contribution in [1.82, 2.24) is 9.58 Å². The summed E-state index contributed by atoms with van der Waals surface area (Å²) < 4.78 is 36.6. The molecular formula is C26H21F2N3O4. The van der Waals surface area contributed by atoms with Gasteiger partial charge in [-0.3, -0.25) is 19.3 Å². The van der Waals surface area contributed by atoms with Crippen LogP contribution in [-0.4, -0.2) is 39.4 Å². The van der Waals surface area contributed by atoms with Gasteiger partial charge in [-0.1, -0.05) is 36.4 Å². The Morgan fingerprint density at radius 2 is 1.80 bits per heavy atom. The van der Waals surface area contributed by atoms with Gasteiger partial charge in [0.25, 0.3) is 5.91 Å². The Morgan fingerprint density at radius 3 is 2.54 bits per heavy atom. The lowest BCUT2D eigenvalue weighted by molar-refractivity contribution is 0.0606. The van der Waals surface area contributed by atoms with Crippen molar-refractivity contribution >= 4 is 5.91 Å². The highest BCUT2D eigenvalue weighted by molar-refractivity contribution is 5.97. The second-order valence-electron chi connectivity index (χ2n) is 8.95. The summed E-state index contributed by atoms with van der Waals surface area (Å²) in [7, 11) is 0. The zero-order valence-electron chi connectivity index (χ0n) is 18.5. The van der Waals surface area contributed by atoms with Crippen LogP contribution in [0.25, 0.3) is 0 Å². The number of carbonyl (C=O) groups is 1. The van der Waals surface area contributed by atoms with Crippen molar-refractivity contribution in [2.75, 3.05) is 18.3 Å². The number of ether oxygens (including phenoxy) is 1. The number of hydrogen-bond donors (Lipinski definition) is 1. The van der Waals surface area contributed by atoms with E-state index in [1.54, 1.807) is 16.0 Å². The average molecular weight is 477 g/mol. The van der Waals surface area contributed by atoms with E-state index in [0.717, 1.165) is 11.6 Å². The lowest BCUT2D eigenvalue weighted by Gasteiger charge is -2.46. The Hall–Kier alpha value is -4.14. The number of amides is 1. The third-order valence-electron chi connectivity index (χ3n) is 6.90. The van der Waals surface area contributed by atoms with Gasteiger partial charge in [-0.05, 0) is 36.6 Å². The first kappa shape index (κ1) is 21.4. The Balaban J connectivity index is 1.67. The Kier molecular flexibility index (Phi) is 4.70. The molecule has 1 spiro atoms. The van der Waals surface area contributed by atoms with Crippen LogP contribution < -0.4 is 15.2 Å². The minimum Gasteiger partial charge on any atom is -0.502 e. The normalized spacial score (nSPS) is 21.0. The van der Waals surface area contributed by atoms with E-state index in [-0.39, 0.29) is 24.7 Å². The number of aromatic nitrogens is 1. The summed E-state index contributed by atoms with van der Waals surface area (Å²) in [5.74, 6) is -3.51. The summed E-state index contributed by atoms with van der Waals surface area (Å²) in [6.45, 7) is 0.0607. The number of fused-ring (bicyclic) bond motifs is 6. The van der Waals surface area contributed by atoms with Crippen LogP contribution in [0.2, 0.25) is 0 Å². The first-order valence-corrected chi connectivity index (χ1v) is 11.3. The molecule has 0 unspecified atom stereocenters. The van der Waals surface area contributed by atoms with Gasteiger partial charge in [0.2, 0.25) is 11.2 Å². The van der Waals surface area contributed by atoms with Crippen LogP contribution in [0.4, 0.5) is 8.78 Å². The molecule has 178 valence electrons. The topological polar surface area (TPSA) is 75.0 Å². The number of hydrogen-bond acceptors (Lipinski definition) is 5. The Bertz CT molecular complexity index is 1430. The second kappa shape index (κ2) is 7.69. The monoisotopic (exact) mass is 477 g/mol. The van der Waals surface area contributed by atoms with Gasteiger partial charge in [0.15, 0.2) is 23.0 Å². The molecule has 0 radical (unpaired) electrons. The zero-order valence-corrected chi connectivity index (χ0v) is 18.5. The van der Waals surface area contributed by atoms with Gasteiger partial charge in [-0.15, -0.1) is 0 Å². The molecule has 0 saturated heterocycles. The van der Waals surface area contributed by atoms with Crippen molar-refractivity contribution < 1.29 is 23.4 Å². The third-order valence-corrected chi connectivity index (χ3v) is 6.90. The van der Waals surface area contributed by atoms with Crippen LogP contribution >= 0.6 is 0 Å². The molecule has 1 aromatic heterocycles. The second-order valence-corrected chi connectivity index (χ2v) is 8.95. The van der Waals surface area contributed by atoms with Crippen LogP contribution in [0.1, 0.15) is 40.5 Å². The molecule has 35 heavy (non-hydrogen) atoms. The molecule has 3 aliphatic rings. The first-order valence-electron chi connectivity index (χ1n) is 11.3. The molecule has 9 heteroatoms. The number of halogens is 2. The Morgan fingerprint density at radius 1 is 1.03 bits per heavy atom. The minimum atomic E-state index is -1.11. The first-order chi connectivity index (χ1) is 16.9. The van der Waals surface area contributed by atoms with Crippen LogP contribution in [-0.2, 0) is 0 Å². The maximum atomic E-state index is 15.1. The third kappa shape index (κ3) is 3.22. The van der Waals surface area contributed by atoms with Crippen molar-refractivity contribution in [2.24, 2.45) is 0 Å². The summed E-state index contributed by atoms with van der Waals surface area (Å²) in [6.07, 6.45) is 6.31. The molecule has 2 aromatic carbocycles. The number of aromatic hydroxyl groups is 1. The van der Waals surface area contributed by atoms with E-state index in [0.29, 0.717) is 18.4 Å². The molecule has 1 atom stereocenters. The lowest BCUT2D eigenvalue weighted by atomic mass is 9.96. The molecule has 6 rings (SSSR count). The summed E-state index contributed by atoms with van der Waals surface area (Å²) >= 11 is 0. The van der Waals surface area contributed by atoms with E-state index in [1.165, 1.54) is 23.0 Å². The van der Waals surface area contributed by atoms with Crippen molar-refractivity contribution in [1.29, 1.82) is 0 Å². The highest BCUT2D eigenvalue weighted by Crippen LogP contribution is 2.47. The van der Waals surface area contributed by atoms with E-state index in [4.69, 9.17) is 4.74 Å². The van der Waals surface area contributed by atoms with E-state index in [2.05, 4.69) is 0 Å². The lowest BCUT2D eigenvalue weighted by Crippen LogP contribution is -2.58. The predicted octanol–water partition coefficient (Wildman–Crippen LogP) is 3.45. The van der Waals surface area contributed by atoms with Crippen molar-refractivity contribution in [2.45, 2.75) is 24.4 Å². The summed E-state index contributed by atoms with van der Waals surface area (Å²) in [5, 5.41) is 12.4. The molecule has 1 N–H and O–H groups in total. The SMILES string of the molecule is O=C1c2c(O)c(=O)ccn2N2CN1C1(/C=C\COc3c(ccc(F)c3F)[C@@H]2c2ccccc2)CC1. The highest BCUT2D eigenvalue weighted by Gasteiger charge is 2.52. The fourth-order valence-electron chi connectivity index (χ4n) is 4.99. The summed E-state index contributed by atoms with van der Waals surface area (Å²) in [4.78, 5) is 27.5. The van der Waals surface area contributed by atoms with Gasteiger partial charge in [0.05, 0.1) is 5.54 Å². The zero-order chi connectivity index (χ0) is 24.3. The van der Waals surface area contributed by atoms with E-state index in [1.807, 2.05) is 36.4 Å². The summed E-state index contributed by atoms with van der Waals surface area (Å²) in [5.41, 5.74) is -0.408. The fourth-order valence-corrected chi connectivity index (χ4v) is 4.99. The maximum Gasteiger partial charge on any atom is 0.278 e. The van der Waals surface area contributed by atoms with Crippen molar-refractivity contribution in [3.8, 4) is 11.5 Å². The molecule has 2 bridgehead atoms. The smallest absolute Gasteiger partial charge is 0.278 e. The maximum absolute atomic E-state index is 15.1. The number of nitrogens with zero attached hydrogens (tertiary/aromatic N) is 3. The average Bonchev–Trinajstić information content (AvgIpc) is 3.65. The number of rotatable bonds is 1. The molecule has 1 amide bonds. The highest BCUT2D eigenvalue weighted by atomic mass is 19.2. The standard InChI is InChI=1S/C26H21F2N3O4/c27-18-8-7-17-21(16-5-2-1-3-6-16)31-15-29(25(34)22-23(33)19(32)9-13-30(22)31)26(11-12-26)10-4-14-35-24(17)20(18)28/h1-10,13,21,33H,11-12,14-15H2/b10-4-/t21-/m0/s1. The van der Waals surface area contributed by atoms with Gasteiger partial charge in [0, 0.05) is 17.8 Å². The van der Waals surface area contributed by atoms with Gasteiger partial charge in [-0.25, -0.2) is 4.39 Å². The van der Waals surface area contributed by atoms with Gasteiger partial charge in [0.1, 0.15) is 19.3 Å². The predicted molar refractivity (Wildman–Crippen MR) is 123 cm³/mol. The molecule has 3 heterocycles. The number of pyridine rings is 1. The van der Waals surface area contributed by atoms with E-state index in [9.17, 15) is 19.1 Å². The van der Waals surface area contributed by atoms with Crippen LogP contribution in [0.3, 0.4) is 0 Å². The van der Waals surface area contributed by atoms with Crippen molar-refractivity contribution in [3.05, 3.63) is 106 Å². The molecule has 2 aliphatic heterocycles. The van der Waals surface area contributed by atoms with Crippen LogP contribution in [0.15, 0.2) is 71.7 Å². The molecular weight excluding hydrogens is 456 g/mol. The van der Waals surface area contributed by atoms with E-state index >= 15 is 4.39 Å². The van der Waals surface area contributed by atoms with Gasteiger partial charge < -0.3 is 14.7 Å². The quantitative estimate of drug-likeness (QED) is 0.544.